The summed E-state index contributed by atoms with van der Waals surface area (Å²) >= 11 is 0. The molecular weight excluding hydrogens is 285 g/mol. The maximum atomic E-state index is 4.33. The molecule has 104 valence electrons. The van der Waals surface area contributed by atoms with Crippen molar-refractivity contribution in [2.45, 2.75) is 0 Å². The van der Waals surface area contributed by atoms with Crippen LogP contribution in [0.2, 0.25) is 0 Å². The van der Waals surface area contributed by atoms with Gasteiger partial charge in [0.2, 0.25) is 0 Å². The lowest BCUT2D eigenvalue weighted by Crippen LogP contribution is -2.04. The van der Waals surface area contributed by atoms with Gasteiger partial charge in [-0.15, -0.1) is 24.8 Å². The fourth-order valence-electron chi connectivity index (χ4n) is 1.68. The fraction of sp³-hybridized carbons (Fsp3) is 0.250. The van der Waals surface area contributed by atoms with Gasteiger partial charge in [0.05, 0.1) is 5.69 Å². The van der Waals surface area contributed by atoms with E-state index in [4.69, 9.17) is 0 Å². The number of hydrogen-bond donors (Lipinski definition) is 1. The Bertz CT molecular complexity index is 574. The summed E-state index contributed by atoms with van der Waals surface area (Å²) in [4.78, 5) is 17.6. The van der Waals surface area contributed by atoms with Crippen LogP contribution >= 0.6 is 24.8 Å². The highest BCUT2D eigenvalue weighted by molar-refractivity contribution is 6.13. The smallest absolute Gasteiger partial charge is 0.141 e. The molecule has 5 nitrogen and oxygen atoms in total. The molecule has 0 spiro atoms. The van der Waals surface area contributed by atoms with Crippen LogP contribution in [0.5, 0.6) is 0 Å². The Morgan fingerprint density at radius 3 is 2.68 bits per heavy atom. The zero-order chi connectivity index (χ0) is 12.3. The molecule has 2 rings (SSSR count). The molecule has 0 radical (unpaired) electrons. The zero-order valence-electron chi connectivity index (χ0n) is 11.0. The standard InChI is InChI=1S/C12H15N5.2ClH/c1-13-6-9(7-17(2)3)11-10-4-5-14-12(10)16-8-15-11;;/h4-8H,1-3H3,(H,14,15,16);2*1H/b9-7+,13-6?;;. The van der Waals surface area contributed by atoms with Gasteiger partial charge in [-0.05, 0) is 6.07 Å². The van der Waals surface area contributed by atoms with E-state index in [-0.39, 0.29) is 24.8 Å². The Kier molecular flexibility index (Phi) is 7.11. The second-order valence-corrected chi connectivity index (χ2v) is 3.90. The van der Waals surface area contributed by atoms with E-state index in [2.05, 4.69) is 19.9 Å². The van der Waals surface area contributed by atoms with Gasteiger partial charge in [0.15, 0.2) is 0 Å². The van der Waals surface area contributed by atoms with Crippen molar-refractivity contribution >= 4 is 47.6 Å². The minimum absolute atomic E-state index is 0. The summed E-state index contributed by atoms with van der Waals surface area (Å²) in [5, 5.41) is 1.00. The SMILES string of the molecule is CN=C/C(=C\N(C)C)c1ncnc2[nH]ccc12.Cl.Cl. The Hall–Kier alpha value is -1.59. The lowest BCUT2D eigenvalue weighted by atomic mass is 10.1. The molecule has 0 unspecified atom stereocenters. The maximum Gasteiger partial charge on any atom is 0.141 e. The first kappa shape index (κ1) is 17.4. The molecule has 19 heavy (non-hydrogen) atoms. The van der Waals surface area contributed by atoms with Gasteiger partial charge in [-0.3, -0.25) is 4.99 Å². The molecular formula is C12H17Cl2N5. The van der Waals surface area contributed by atoms with E-state index in [1.807, 2.05) is 37.5 Å². The summed E-state index contributed by atoms with van der Waals surface area (Å²) in [5.74, 6) is 0. The molecule has 0 aliphatic heterocycles. The molecule has 0 aliphatic carbocycles. The van der Waals surface area contributed by atoms with Crippen molar-refractivity contribution in [3.05, 3.63) is 30.5 Å². The molecule has 0 aliphatic rings. The Morgan fingerprint density at radius 1 is 1.32 bits per heavy atom. The monoisotopic (exact) mass is 301 g/mol. The van der Waals surface area contributed by atoms with E-state index in [1.54, 1.807) is 19.6 Å². The van der Waals surface area contributed by atoms with Crippen LogP contribution in [-0.2, 0) is 0 Å². The molecule has 7 heteroatoms. The van der Waals surface area contributed by atoms with Crippen molar-refractivity contribution in [3.8, 4) is 0 Å². The first-order valence-electron chi connectivity index (χ1n) is 5.31. The van der Waals surface area contributed by atoms with E-state index in [0.717, 1.165) is 22.3 Å². The van der Waals surface area contributed by atoms with Crippen molar-refractivity contribution in [2.24, 2.45) is 4.99 Å². The third-order valence-corrected chi connectivity index (χ3v) is 2.29. The highest BCUT2D eigenvalue weighted by atomic mass is 35.5. The first-order valence-corrected chi connectivity index (χ1v) is 5.31. The molecule has 2 aromatic rings. The van der Waals surface area contributed by atoms with Crippen molar-refractivity contribution < 1.29 is 0 Å². The molecule has 1 N–H and O–H groups in total. The lowest BCUT2D eigenvalue weighted by Gasteiger charge is -2.08. The third-order valence-electron chi connectivity index (χ3n) is 2.29. The predicted octanol–water partition coefficient (Wildman–Crippen LogP) is 2.40. The number of halogens is 2. The molecule has 2 aromatic heterocycles. The van der Waals surface area contributed by atoms with Crippen LogP contribution in [0.4, 0.5) is 0 Å². The van der Waals surface area contributed by atoms with Crippen LogP contribution in [0.25, 0.3) is 16.6 Å². The number of rotatable bonds is 3. The van der Waals surface area contributed by atoms with Gasteiger partial charge in [0.25, 0.3) is 0 Å². The van der Waals surface area contributed by atoms with Crippen molar-refractivity contribution in [1.29, 1.82) is 0 Å². The lowest BCUT2D eigenvalue weighted by molar-refractivity contribution is 0.566. The second kappa shape index (κ2) is 7.76. The molecule has 0 fully saturated rings. The minimum Gasteiger partial charge on any atom is -0.383 e. The molecule has 0 amide bonds. The Labute approximate surface area is 124 Å². The van der Waals surface area contributed by atoms with E-state index >= 15 is 0 Å². The normalized spacial score (nSPS) is 11.2. The fourth-order valence-corrected chi connectivity index (χ4v) is 1.68. The highest BCUT2D eigenvalue weighted by Crippen LogP contribution is 2.19. The third kappa shape index (κ3) is 3.94. The number of aliphatic imine (C=N–C) groups is 1. The number of fused-ring (bicyclic) bond motifs is 1. The van der Waals surface area contributed by atoms with Crippen LogP contribution in [0.15, 0.2) is 29.8 Å². The highest BCUT2D eigenvalue weighted by Gasteiger charge is 2.08. The molecule has 0 saturated carbocycles. The Balaban J connectivity index is 0.00000162. The summed E-state index contributed by atoms with van der Waals surface area (Å²) in [5.41, 5.74) is 2.68. The summed E-state index contributed by atoms with van der Waals surface area (Å²) in [6.45, 7) is 0. The van der Waals surface area contributed by atoms with Gasteiger partial charge in [0.1, 0.15) is 12.0 Å². The van der Waals surface area contributed by atoms with Crippen molar-refractivity contribution in [3.63, 3.8) is 0 Å². The summed E-state index contributed by atoms with van der Waals surface area (Å²) in [6.07, 6.45) is 7.21. The zero-order valence-corrected chi connectivity index (χ0v) is 12.6. The van der Waals surface area contributed by atoms with Crippen LogP contribution in [0, 0.1) is 0 Å². The number of aromatic amines is 1. The van der Waals surface area contributed by atoms with Gasteiger partial charge in [-0.1, -0.05) is 0 Å². The number of nitrogens with one attached hydrogen (secondary N) is 1. The topological polar surface area (TPSA) is 57.2 Å². The summed E-state index contributed by atoms with van der Waals surface area (Å²) < 4.78 is 0. The Morgan fingerprint density at radius 2 is 2.05 bits per heavy atom. The van der Waals surface area contributed by atoms with E-state index < -0.39 is 0 Å². The van der Waals surface area contributed by atoms with Crippen LogP contribution < -0.4 is 0 Å². The average Bonchev–Trinajstić information content (AvgIpc) is 2.75. The number of nitrogens with zero attached hydrogens (tertiary/aromatic N) is 4. The number of hydrogen-bond acceptors (Lipinski definition) is 4. The van der Waals surface area contributed by atoms with Crippen LogP contribution in [0.3, 0.4) is 0 Å². The summed E-state index contributed by atoms with van der Waals surface area (Å²) in [6, 6.07) is 1.97. The number of aromatic nitrogens is 3. The van der Waals surface area contributed by atoms with Crippen LogP contribution in [0.1, 0.15) is 5.69 Å². The van der Waals surface area contributed by atoms with Crippen molar-refractivity contribution in [2.75, 3.05) is 21.1 Å². The quantitative estimate of drug-likeness (QED) is 0.886. The average molecular weight is 302 g/mol. The maximum absolute atomic E-state index is 4.33. The van der Waals surface area contributed by atoms with Gasteiger partial charge in [-0.2, -0.15) is 0 Å². The molecule has 0 atom stereocenters. The predicted molar refractivity (Wildman–Crippen MR) is 84.5 cm³/mol. The van der Waals surface area contributed by atoms with E-state index in [1.165, 1.54) is 0 Å². The van der Waals surface area contributed by atoms with Gasteiger partial charge in [0, 0.05) is 50.7 Å². The first-order chi connectivity index (χ1) is 8.22. The molecule has 0 bridgehead atoms. The van der Waals surface area contributed by atoms with E-state index in [9.17, 15) is 0 Å². The molecule has 2 heterocycles. The van der Waals surface area contributed by atoms with Gasteiger partial charge < -0.3 is 9.88 Å². The second-order valence-electron chi connectivity index (χ2n) is 3.90. The van der Waals surface area contributed by atoms with Gasteiger partial charge in [-0.25, -0.2) is 9.97 Å². The van der Waals surface area contributed by atoms with Gasteiger partial charge >= 0.3 is 0 Å². The summed E-state index contributed by atoms with van der Waals surface area (Å²) in [7, 11) is 5.69. The molecule has 0 saturated heterocycles. The number of allylic oxidation sites excluding steroid dienone is 1. The minimum atomic E-state index is 0. The number of H-pyrrole nitrogens is 1. The van der Waals surface area contributed by atoms with Crippen molar-refractivity contribution in [1.82, 2.24) is 19.9 Å². The van der Waals surface area contributed by atoms with Crippen LogP contribution in [-0.4, -0.2) is 47.2 Å². The molecule has 0 aromatic carbocycles. The van der Waals surface area contributed by atoms with E-state index in [0.29, 0.717) is 0 Å². The largest absolute Gasteiger partial charge is 0.383 e.